The molecular weight excluding hydrogens is 198 g/mol. The van der Waals surface area contributed by atoms with Gasteiger partial charge in [0.15, 0.2) is 0 Å². The fraction of sp³-hybridized carbons (Fsp3) is 0.364. The number of halogens is 1. The average Bonchev–Trinajstić information content (AvgIpc) is 2.93. The van der Waals surface area contributed by atoms with Crippen molar-refractivity contribution in [3.8, 4) is 0 Å². The summed E-state index contributed by atoms with van der Waals surface area (Å²) in [6.07, 6.45) is 2.44. The van der Waals surface area contributed by atoms with Crippen molar-refractivity contribution in [2.24, 2.45) is 5.92 Å². The molecule has 0 aromatic heterocycles. The summed E-state index contributed by atoms with van der Waals surface area (Å²) in [5, 5.41) is 3.72. The SMILES string of the molecule is O=C1N[C@H](C2CC2)c2cc(Cl)ccc21. The lowest BCUT2D eigenvalue weighted by atomic mass is 10.0. The Bertz CT molecular complexity index is 412. The molecule has 1 heterocycles. The fourth-order valence-corrected chi connectivity index (χ4v) is 2.28. The van der Waals surface area contributed by atoms with Crippen LogP contribution in [0.2, 0.25) is 5.02 Å². The Morgan fingerprint density at radius 3 is 2.86 bits per heavy atom. The van der Waals surface area contributed by atoms with Crippen molar-refractivity contribution in [1.29, 1.82) is 0 Å². The van der Waals surface area contributed by atoms with E-state index >= 15 is 0 Å². The van der Waals surface area contributed by atoms with Crippen molar-refractivity contribution in [3.05, 3.63) is 34.3 Å². The first kappa shape index (κ1) is 8.30. The maximum Gasteiger partial charge on any atom is 0.252 e. The highest BCUT2D eigenvalue weighted by Gasteiger charge is 2.39. The Hall–Kier alpha value is -1.02. The minimum atomic E-state index is 0.0496. The molecule has 1 atom stereocenters. The summed E-state index contributed by atoms with van der Waals surface area (Å²) >= 11 is 5.92. The third-order valence-corrected chi connectivity index (χ3v) is 3.21. The lowest BCUT2D eigenvalue weighted by molar-refractivity contribution is 0.0953. The first-order valence-electron chi connectivity index (χ1n) is 4.86. The van der Waals surface area contributed by atoms with Crippen LogP contribution < -0.4 is 5.32 Å². The van der Waals surface area contributed by atoms with E-state index in [1.165, 1.54) is 12.8 Å². The molecule has 72 valence electrons. The van der Waals surface area contributed by atoms with Crippen LogP contribution in [0.4, 0.5) is 0 Å². The van der Waals surface area contributed by atoms with Gasteiger partial charge >= 0.3 is 0 Å². The monoisotopic (exact) mass is 207 g/mol. The lowest BCUT2D eigenvalue weighted by Gasteiger charge is -2.09. The zero-order valence-electron chi connectivity index (χ0n) is 7.59. The van der Waals surface area contributed by atoms with Crippen molar-refractivity contribution in [1.82, 2.24) is 5.32 Å². The quantitative estimate of drug-likeness (QED) is 0.754. The number of carbonyl (C=O) groups is 1. The van der Waals surface area contributed by atoms with Gasteiger partial charge in [-0.05, 0) is 42.5 Å². The zero-order chi connectivity index (χ0) is 9.71. The van der Waals surface area contributed by atoms with Crippen LogP contribution in [0.1, 0.15) is 34.8 Å². The average molecular weight is 208 g/mol. The highest BCUT2D eigenvalue weighted by molar-refractivity contribution is 6.30. The number of rotatable bonds is 1. The number of amides is 1. The van der Waals surface area contributed by atoms with E-state index in [9.17, 15) is 4.79 Å². The number of carbonyl (C=O) groups excluding carboxylic acids is 1. The van der Waals surface area contributed by atoms with Gasteiger partial charge < -0.3 is 5.32 Å². The number of fused-ring (bicyclic) bond motifs is 1. The molecule has 0 bridgehead atoms. The summed E-state index contributed by atoms with van der Waals surface area (Å²) in [6, 6.07) is 5.72. The summed E-state index contributed by atoms with van der Waals surface area (Å²) in [4.78, 5) is 11.6. The molecular formula is C11H10ClNO. The van der Waals surface area contributed by atoms with E-state index in [4.69, 9.17) is 11.6 Å². The predicted octanol–water partition coefficient (Wildman–Crippen LogP) is 2.53. The number of hydrogen-bond acceptors (Lipinski definition) is 1. The Kier molecular flexibility index (Phi) is 1.62. The van der Waals surface area contributed by atoms with Crippen LogP contribution in [0.25, 0.3) is 0 Å². The number of nitrogens with one attached hydrogen (secondary N) is 1. The van der Waals surface area contributed by atoms with Crippen LogP contribution in [0, 0.1) is 5.92 Å². The van der Waals surface area contributed by atoms with Gasteiger partial charge in [-0.1, -0.05) is 11.6 Å². The maximum absolute atomic E-state index is 11.6. The fourth-order valence-electron chi connectivity index (χ4n) is 2.10. The molecule has 1 aromatic carbocycles. The zero-order valence-corrected chi connectivity index (χ0v) is 8.34. The molecule has 3 rings (SSSR count). The Morgan fingerprint density at radius 2 is 2.14 bits per heavy atom. The molecule has 3 heteroatoms. The van der Waals surface area contributed by atoms with Crippen molar-refractivity contribution >= 4 is 17.5 Å². The van der Waals surface area contributed by atoms with Crippen LogP contribution >= 0.6 is 11.6 Å². The van der Waals surface area contributed by atoms with Crippen LogP contribution in [0.15, 0.2) is 18.2 Å². The van der Waals surface area contributed by atoms with Gasteiger partial charge in [0.1, 0.15) is 0 Å². The normalized spacial score (nSPS) is 24.6. The van der Waals surface area contributed by atoms with Gasteiger partial charge in [0.05, 0.1) is 6.04 Å². The molecule has 1 saturated carbocycles. The molecule has 0 radical (unpaired) electrons. The van der Waals surface area contributed by atoms with E-state index in [-0.39, 0.29) is 11.9 Å². The van der Waals surface area contributed by atoms with Gasteiger partial charge in [-0.3, -0.25) is 4.79 Å². The van der Waals surface area contributed by atoms with Gasteiger partial charge in [-0.2, -0.15) is 0 Å². The van der Waals surface area contributed by atoms with E-state index < -0.39 is 0 Å². The largest absolute Gasteiger partial charge is 0.345 e. The second-order valence-corrected chi connectivity index (χ2v) is 4.46. The third kappa shape index (κ3) is 1.14. The van der Waals surface area contributed by atoms with E-state index in [1.807, 2.05) is 12.1 Å². The van der Waals surface area contributed by atoms with E-state index in [2.05, 4.69) is 5.32 Å². The summed E-state index contributed by atoms with van der Waals surface area (Å²) in [7, 11) is 0. The molecule has 0 spiro atoms. The Labute approximate surface area is 87.3 Å². The van der Waals surface area contributed by atoms with Gasteiger partial charge in [-0.25, -0.2) is 0 Å². The van der Waals surface area contributed by atoms with Crippen molar-refractivity contribution < 1.29 is 4.79 Å². The third-order valence-electron chi connectivity index (χ3n) is 2.97. The summed E-state index contributed by atoms with van der Waals surface area (Å²) < 4.78 is 0. The molecule has 2 nitrogen and oxygen atoms in total. The highest BCUT2D eigenvalue weighted by atomic mass is 35.5. The Morgan fingerprint density at radius 1 is 1.36 bits per heavy atom. The van der Waals surface area contributed by atoms with Gasteiger partial charge in [0.2, 0.25) is 0 Å². The summed E-state index contributed by atoms with van der Waals surface area (Å²) in [5.74, 6) is 0.687. The van der Waals surface area contributed by atoms with E-state index in [0.29, 0.717) is 10.9 Å². The van der Waals surface area contributed by atoms with E-state index in [0.717, 1.165) is 11.1 Å². The van der Waals surface area contributed by atoms with Crippen LogP contribution in [-0.2, 0) is 0 Å². The van der Waals surface area contributed by atoms with Crippen molar-refractivity contribution in [2.75, 3.05) is 0 Å². The van der Waals surface area contributed by atoms with Crippen molar-refractivity contribution in [3.63, 3.8) is 0 Å². The smallest absolute Gasteiger partial charge is 0.252 e. The maximum atomic E-state index is 11.6. The standard InChI is InChI=1S/C11H10ClNO/c12-7-3-4-8-9(5-7)10(6-1-2-6)13-11(8)14/h3-6,10H,1-2H2,(H,13,14)/t10-/m1/s1. The predicted molar refractivity (Wildman–Crippen MR) is 54.4 cm³/mol. The van der Waals surface area contributed by atoms with Gasteiger partial charge in [0, 0.05) is 10.6 Å². The van der Waals surface area contributed by atoms with Gasteiger partial charge in [-0.15, -0.1) is 0 Å². The summed E-state index contributed by atoms with van der Waals surface area (Å²) in [6.45, 7) is 0. The summed E-state index contributed by atoms with van der Waals surface area (Å²) in [5.41, 5.74) is 1.89. The number of hydrogen-bond donors (Lipinski definition) is 1. The van der Waals surface area contributed by atoms with Crippen LogP contribution in [0.5, 0.6) is 0 Å². The molecule has 1 aromatic rings. The molecule has 1 amide bonds. The molecule has 1 aliphatic heterocycles. The van der Waals surface area contributed by atoms with Crippen LogP contribution in [-0.4, -0.2) is 5.91 Å². The second-order valence-electron chi connectivity index (χ2n) is 4.02. The molecule has 0 saturated heterocycles. The van der Waals surface area contributed by atoms with Crippen molar-refractivity contribution in [2.45, 2.75) is 18.9 Å². The molecule has 14 heavy (non-hydrogen) atoms. The Balaban J connectivity index is 2.10. The first-order chi connectivity index (χ1) is 6.75. The van der Waals surface area contributed by atoms with Gasteiger partial charge in [0.25, 0.3) is 5.91 Å². The second kappa shape index (κ2) is 2.74. The van der Waals surface area contributed by atoms with Crippen LogP contribution in [0.3, 0.4) is 0 Å². The molecule has 1 aliphatic carbocycles. The first-order valence-corrected chi connectivity index (χ1v) is 5.24. The minimum absolute atomic E-state index is 0.0496. The minimum Gasteiger partial charge on any atom is -0.345 e. The lowest BCUT2D eigenvalue weighted by Crippen LogP contribution is -2.20. The topological polar surface area (TPSA) is 29.1 Å². The van der Waals surface area contributed by atoms with E-state index in [1.54, 1.807) is 6.07 Å². The molecule has 0 unspecified atom stereocenters. The number of benzene rings is 1. The highest BCUT2D eigenvalue weighted by Crippen LogP contribution is 2.44. The molecule has 1 N–H and O–H groups in total. The molecule has 1 fully saturated rings. The molecule has 2 aliphatic rings.